The monoisotopic (exact) mass is 324 g/mol. The molecule has 0 radical (unpaired) electrons. The molecule has 1 aliphatic rings. The van der Waals surface area contributed by atoms with E-state index < -0.39 is 6.09 Å². The van der Waals surface area contributed by atoms with Crippen molar-refractivity contribution in [3.05, 3.63) is 71.3 Å². The summed E-state index contributed by atoms with van der Waals surface area (Å²) in [6, 6.07) is 16.8. The van der Waals surface area contributed by atoms with Gasteiger partial charge in [0.05, 0.1) is 12.1 Å². The first kappa shape index (κ1) is 16.1. The fourth-order valence-electron chi connectivity index (χ4n) is 2.93. The molecule has 0 saturated carbocycles. The molecular formula is C19H20N2O3. The molecule has 2 aromatic rings. The van der Waals surface area contributed by atoms with Crippen molar-refractivity contribution in [2.24, 2.45) is 0 Å². The minimum Gasteiger partial charge on any atom is -0.445 e. The van der Waals surface area contributed by atoms with E-state index in [2.05, 4.69) is 10.6 Å². The summed E-state index contributed by atoms with van der Waals surface area (Å²) in [4.78, 5) is 23.9. The van der Waals surface area contributed by atoms with Crippen LogP contribution < -0.4 is 10.6 Å². The third-order valence-corrected chi connectivity index (χ3v) is 4.16. The Balaban J connectivity index is 1.63. The zero-order valence-corrected chi connectivity index (χ0v) is 13.5. The highest BCUT2D eigenvalue weighted by Gasteiger charge is 2.35. The lowest BCUT2D eigenvalue weighted by Gasteiger charge is -2.21. The fraction of sp³-hybridized carbons (Fsp3) is 0.263. The molecule has 2 N–H and O–H groups in total. The summed E-state index contributed by atoms with van der Waals surface area (Å²) in [6.07, 6.45) is -0.265. The molecule has 1 fully saturated rings. The van der Waals surface area contributed by atoms with Gasteiger partial charge in [0.25, 0.3) is 0 Å². The van der Waals surface area contributed by atoms with Gasteiger partial charge < -0.3 is 15.4 Å². The molecule has 1 heterocycles. The van der Waals surface area contributed by atoms with Crippen LogP contribution in [0.15, 0.2) is 54.6 Å². The maximum Gasteiger partial charge on any atom is 0.407 e. The van der Waals surface area contributed by atoms with Crippen LogP contribution in [0.4, 0.5) is 4.79 Å². The van der Waals surface area contributed by atoms with E-state index in [-0.39, 0.29) is 31.0 Å². The number of nitrogens with one attached hydrogen (secondary N) is 2. The van der Waals surface area contributed by atoms with E-state index in [0.717, 1.165) is 16.7 Å². The van der Waals surface area contributed by atoms with Gasteiger partial charge in [0.2, 0.25) is 5.91 Å². The lowest BCUT2D eigenvalue weighted by molar-refractivity contribution is -0.119. The van der Waals surface area contributed by atoms with Gasteiger partial charge in [-0.05, 0) is 23.6 Å². The van der Waals surface area contributed by atoms with Gasteiger partial charge >= 0.3 is 6.09 Å². The van der Waals surface area contributed by atoms with Crippen molar-refractivity contribution in [1.29, 1.82) is 0 Å². The van der Waals surface area contributed by atoms with Gasteiger partial charge in [0.15, 0.2) is 0 Å². The van der Waals surface area contributed by atoms with Crippen LogP contribution in [0, 0.1) is 6.92 Å². The number of carbonyl (C=O) groups is 2. The van der Waals surface area contributed by atoms with Crippen LogP contribution in [-0.4, -0.2) is 18.0 Å². The van der Waals surface area contributed by atoms with E-state index in [1.54, 1.807) is 0 Å². The Labute approximate surface area is 141 Å². The Hall–Kier alpha value is -2.82. The molecule has 24 heavy (non-hydrogen) atoms. The van der Waals surface area contributed by atoms with Gasteiger partial charge in [-0.1, -0.05) is 54.6 Å². The average Bonchev–Trinajstić information content (AvgIpc) is 2.94. The predicted octanol–water partition coefficient (Wildman–Crippen LogP) is 2.85. The van der Waals surface area contributed by atoms with Gasteiger partial charge in [-0.2, -0.15) is 0 Å². The normalized spacial score (nSPS) is 19.6. The van der Waals surface area contributed by atoms with E-state index >= 15 is 0 Å². The van der Waals surface area contributed by atoms with Crippen molar-refractivity contribution in [2.75, 3.05) is 0 Å². The number of hydrogen-bond donors (Lipinski definition) is 2. The molecule has 0 aliphatic carbocycles. The van der Waals surface area contributed by atoms with Crippen molar-refractivity contribution >= 4 is 12.0 Å². The maximum atomic E-state index is 12.1. The Morgan fingerprint density at radius 3 is 2.62 bits per heavy atom. The Morgan fingerprint density at radius 1 is 1.17 bits per heavy atom. The first-order chi connectivity index (χ1) is 11.6. The first-order valence-corrected chi connectivity index (χ1v) is 7.95. The second-order valence-electron chi connectivity index (χ2n) is 5.92. The fourth-order valence-corrected chi connectivity index (χ4v) is 2.93. The molecular weight excluding hydrogens is 304 g/mol. The number of ether oxygens (including phenoxy) is 1. The van der Waals surface area contributed by atoms with Crippen LogP contribution >= 0.6 is 0 Å². The van der Waals surface area contributed by atoms with Crippen molar-refractivity contribution in [3.8, 4) is 0 Å². The van der Waals surface area contributed by atoms with Crippen molar-refractivity contribution in [1.82, 2.24) is 10.6 Å². The molecule has 5 nitrogen and oxygen atoms in total. The molecule has 2 aromatic carbocycles. The number of benzene rings is 2. The summed E-state index contributed by atoms with van der Waals surface area (Å²) in [7, 11) is 0. The Bertz CT molecular complexity index is 730. The smallest absolute Gasteiger partial charge is 0.407 e. The highest BCUT2D eigenvalue weighted by Crippen LogP contribution is 2.27. The highest BCUT2D eigenvalue weighted by molar-refractivity contribution is 5.81. The summed E-state index contributed by atoms with van der Waals surface area (Å²) in [5.74, 6) is -0.0726. The third kappa shape index (κ3) is 3.74. The molecule has 0 aromatic heterocycles. The van der Waals surface area contributed by atoms with E-state index in [1.165, 1.54) is 0 Å². The number of rotatable bonds is 4. The van der Waals surface area contributed by atoms with Crippen LogP contribution in [-0.2, 0) is 16.1 Å². The molecule has 124 valence electrons. The van der Waals surface area contributed by atoms with E-state index in [1.807, 2.05) is 61.5 Å². The van der Waals surface area contributed by atoms with Crippen molar-refractivity contribution in [2.45, 2.75) is 32.0 Å². The summed E-state index contributed by atoms with van der Waals surface area (Å²) >= 11 is 0. The van der Waals surface area contributed by atoms with Crippen LogP contribution in [0.1, 0.15) is 29.2 Å². The van der Waals surface area contributed by atoms with Crippen LogP contribution in [0.5, 0.6) is 0 Å². The Morgan fingerprint density at radius 2 is 1.88 bits per heavy atom. The zero-order chi connectivity index (χ0) is 16.9. The highest BCUT2D eigenvalue weighted by atomic mass is 16.5. The topological polar surface area (TPSA) is 67.4 Å². The summed E-state index contributed by atoms with van der Waals surface area (Å²) in [5.41, 5.74) is 3.01. The summed E-state index contributed by atoms with van der Waals surface area (Å²) < 4.78 is 5.25. The van der Waals surface area contributed by atoms with Crippen molar-refractivity contribution < 1.29 is 14.3 Å². The van der Waals surface area contributed by atoms with E-state index in [9.17, 15) is 9.59 Å². The summed E-state index contributed by atoms with van der Waals surface area (Å²) in [5, 5.41) is 5.74. The van der Waals surface area contributed by atoms with Crippen LogP contribution in [0.2, 0.25) is 0 Å². The molecule has 0 bridgehead atoms. The second-order valence-corrected chi connectivity index (χ2v) is 5.92. The molecule has 0 unspecified atom stereocenters. The summed E-state index contributed by atoms with van der Waals surface area (Å²) in [6.45, 7) is 2.19. The molecule has 5 heteroatoms. The largest absolute Gasteiger partial charge is 0.445 e. The zero-order valence-electron chi connectivity index (χ0n) is 13.5. The average molecular weight is 324 g/mol. The lowest BCUT2D eigenvalue weighted by atomic mass is 9.97. The van der Waals surface area contributed by atoms with Gasteiger partial charge in [0, 0.05) is 6.42 Å². The van der Waals surface area contributed by atoms with Gasteiger partial charge in [0.1, 0.15) is 6.61 Å². The Kier molecular flexibility index (Phi) is 4.79. The number of carbonyl (C=O) groups excluding carboxylic acids is 2. The number of hydrogen-bond acceptors (Lipinski definition) is 3. The van der Waals surface area contributed by atoms with Gasteiger partial charge in [-0.3, -0.25) is 4.79 Å². The third-order valence-electron chi connectivity index (χ3n) is 4.16. The van der Waals surface area contributed by atoms with Gasteiger partial charge in [-0.25, -0.2) is 4.79 Å². The first-order valence-electron chi connectivity index (χ1n) is 7.95. The van der Waals surface area contributed by atoms with Crippen LogP contribution in [0.25, 0.3) is 0 Å². The molecule has 2 amide bonds. The molecule has 1 aliphatic heterocycles. The number of alkyl carbamates (subject to hydrolysis) is 1. The minimum atomic E-state index is -0.515. The lowest BCUT2D eigenvalue weighted by Crippen LogP contribution is -2.39. The molecule has 3 rings (SSSR count). The molecule has 0 spiro atoms. The van der Waals surface area contributed by atoms with E-state index in [0.29, 0.717) is 0 Å². The SMILES string of the molecule is Cc1ccccc1[C@H]1NC(=O)C[C@@H]1NC(=O)OCc1ccccc1. The molecule has 2 atom stereocenters. The number of aryl methyl sites for hydroxylation is 1. The maximum absolute atomic E-state index is 12.1. The van der Waals surface area contributed by atoms with Crippen molar-refractivity contribution in [3.63, 3.8) is 0 Å². The van der Waals surface area contributed by atoms with E-state index in [4.69, 9.17) is 4.74 Å². The quantitative estimate of drug-likeness (QED) is 0.909. The molecule has 1 saturated heterocycles. The number of amides is 2. The minimum absolute atomic E-state index is 0.0726. The second kappa shape index (κ2) is 7.17. The van der Waals surface area contributed by atoms with Crippen LogP contribution in [0.3, 0.4) is 0 Å². The van der Waals surface area contributed by atoms with Gasteiger partial charge in [-0.15, -0.1) is 0 Å². The predicted molar refractivity (Wildman–Crippen MR) is 90.2 cm³/mol. The standard InChI is InChI=1S/C19H20N2O3/c1-13-7-5-6-10-15(13)18-16(11-17(22)21-18)20-19(23)24-12-14-8-3-2-4-9-14/h2-10,16,18H,11-12H2,1H3,(H,20,23)(H,21,22)/t16-,18+/m0/s1.